The maximum Gasteiger partial charge on any atom is 0.415 e. The van der Waals surface area contributed by atoms with Crippen LogP contribution in [-0.4, -0.2) is 47.8 Å². The summed E-state index contributed by atoms with van der Waals surface area (Å²) in [5.41, 5.74) is 0.376. The third kappa shape index (κ3) is 5.18. The topological polar surface area (TPSA) is 52.6 Å². The molecule has 0 heterocycles. The van der Waals surface area contributed by atoms with Gasteiger partial charge in [0.25, 0.3) is 0 Å². The number of rotatable bonds is 5. The van der Waals surface area contributed by atoms with Crippen molar-refractivity contribution in [3.05, 3.63) is 29.3 Å². The number of likely N-dealkylation sites (N-methyl/N-ethyl adjacent to an activating group) is 1. The van der Waals surface area contributed by atoms with Gasteiger partial charge < -0.3 is 10.4 Å². The molecule has 1 aromatic carbocycles. The van der Waals surface area contributed by atoms with Crippen molar-refractivity contribution in [2.45, 2.75) is 25.2 Å². The third-order valence-corrected chi connectivity index (χ3v) is 3.34. The van der Waals surface area contributed by atoms with Gasteiger partial charge in [0.2, 0.25) is 5.91 Å². The molecule has 0 saturated heterocycles. The van der Waals surface area contributed by atoms with Gasteiger partial charge in [-0.15, -0.1) is 0 Å². The Balaban J connectivity index is 2.64. The standard InChI is InChI=1S/C13H16ClF3N2O2/c1-8(19(2)7-11(20)13(15,16)17)12(21)18-10-6-4-3-5-9(10)14/h3-6,8,11,20H,7H2,1-2H3,(H,18,21). The summed E-state index contributed by atoms with van der Waals surface area (Å²) in [6.07, 6.45) is -7.22. The summed E-state index contributed by atoms with van der Waals surface area (Å²) >= 11 is 5.88. The van der Waals surface area contributed by atoms with Gasteiger partial charge >= 0.3 is 6.18 Å². The minimum absolute atomic E-state index is 0.330. The lowest BCUT2D eigenvalue weighted by atomic mass is 10.2. The number of benzene rings is 1. The zero-order chi connectivity index (χ0) is 16.2. The highest BCUT2D eigenvalue weighted by Crippen LogP contribution is 2.22. The Morgan fingerprint density at radius 3 is 2.52 bits per heavy atom. The lowest BCUT2D eigenvalue weighted by Crippen LogP contribution is -2.46. The molecule has 4 nitrogen and oxygen atoms in total. The number of hydrogen-bond donors (Lipinski definition) is 2. The molecule has 0 spiro atoms. The first kappa shape index (κ1) is 17.7. The highest BCUT2D eigenvalue weighted by Gasteiger charge is 2.39. The molecule has 0 radical (unpaired) electrons. The summed E-state index contributed by atoms with van der Waals surface area (Å²) < 4.78 is 36.8. The van der Waals surface area contributed by atoms with Crippen LogP contribution in [-0.2, 0) is 4.79 Å². The number of carbonyl (C=O) groups is 1. The van der Waals surface area contributed by atoms with E-state index < -0.39 is 30.8 Å². The second kappa shape index (κ2) is 7.11. The van der Waals surface area contributed by atoms with E-state index in [4.69, 9.17) is 16.7 Å². The molecule has 0 aromatic heterocycles. The fourth-order valence-corrected chi connectivity index (χ4v) is 1.72. The first-order valence-electron chi connectivity index (χ1n) is 6.13. The summed E-state index contributed by atoms with van der Waals surface area (Å²) in [7, 11) is 1.33. The van der Waals surface area contributed by atoms with Crippen molar-refractivity contribution in [1.29, 1.82) is 0 Å². The number of alkyl halides is 3. The van der Waals surface area contributed by atoms with Crippen molar-refractivity contribution in [2.24, 2.45) is 0 Å². The van der Waals surface area contributed by atoms with Crippen LogP contribution in [0.25, 0.3) is 0 Å². The molecular formula is C13H16ClF3N2O2. The predicted octanol–water partition coefficient (Wildman–Crippen LogP) is 2.52. The summed E-state index contributed by atoms with van der Waals surface area (Å²) in [5, 5.41) is 11.9. The molecule has 1 rings (SSSR count). The van der Waals surface area contributed by atoms with Crippen molar-refractivity contribution in [3.63, 3.8) is 0 Å². The van der Waals surface area contributed by atoms with E-state index in [0.29, 0.717) is 10.7 Å². The Kier molecular flexibility index (Phi) is 6.00. The van der Waals surface area contributed by atoms with Crippen molar-refractivity contribution < 1.29 is 23.1 Å². The quantitative estimate of drug-likeness (QED) is 0.875. The first-order valence-corrected chi connectivity index (χ1v) is 6.51. The second-order valence-electron chi connectivity index (χ2n) is 4.64. The van der Waals surface area contributed by atoms with Crippen molar-refractivity contribution >= 4 is 23.2 Å². The lowest BCUT2D eigenvalue weighted by Gasteiger charge is -2.27. The van der Waals surface area contributed by atoms with Crippen LogP contribution >= 0.6 is 11.6 Å². The predicted molar refractivity (Wildman–Crippen MR) is 74.2 cm³/mol. The monoisotopic (exact) mass is 324 g/mol. The van der Waals surface area contributed by atoms with Crippen LogP contribution in [0.5, 0.6) is 0 Å². The van der Waals surface area contributed by atoms with Gasteiger partial charge in [-0.1, -0.05) is 23.7 Å². The zero-order valence-corrected chi connectivity index (χ0v) is 12.2. The van der Waals surface area contributed by atoms with E-state index in [1.54, 1.807) is 24.3 Å². The van der Waals surface area contributed by atoms with E-state index in [-0.39, 0.29) is 0 Å². The molecule has 0 aliphatic heterocycles. The maximum atomic E-state index is 12.3. The van der Waals surface area contributed by atoms with Gasteiger partial charge in [0.15, 0.2) is 6.10 Å². The zero-order valence-electron chi connectivity index (χ0n) is 11.5. The van der Waals surface area contributed by atoms with Crippen LogP contribution in [0.15, 0.2) is 24.3 Å². The van der Waals surface area contributed by atoms with Gasteiger partial charge in [0.1, 0.15) is 0 Å². The number of halogens is 4. The van der Waals surface area contributed by atoms with Gasteiger partial charge in [-0.05, 0) is 26.1 Å². The van der Waals surface area contributed by atoms with Crippen LogP contribution in [0.2, 0.25) is 5.02 Å². The number of nitrogens with zero attached hydrogens (tertiary/aromatic N) is 1. The van der Waals surface area contributed by atoms with Gasteiger partial charge in [-0.3, -0.25) is 9.69 Å². The van der Waals surface area contributed by atoms with Gasteiger partial charge in [-0.2, -0.15) is 13.2 Å². The molecule has 21 heavy (non-hydrogen) atoms. The van der Waals surface area contributed by atoms with Crippen molar-refractivity contribution in [1.82, 2.24) is 4.90 Å². The number of aliphatic hydroxyl groups excluding tert-OH is 1. The Bertz CT molecular complexity index is 497. The fraction of sp³-hybridized carbons (Fsp3) is 0.462. The molecule has 118 valence electrons. The van der Waals surface area contributed by atoms with Crippen molar-refractivity contribution in [2.75, 3.05) is 18.9 Å². The second-order valence-corrected chi connectivity index (χ2v) is 5.05. The maximum absolute atomic E-state index is 12.3. The van der Waals surface area contributed by atoms with Crippen LogP contribution in [0.3, 0.4) is 0 Å². The van der Waals surface area contributed by atoms with E-state index in [9.17, 15) is 18.0 Å². The SMILES string of the molecule is CC(C(=O)Nc1ccccc1Cl)N(C)CC(O)C(F)(F)F. The molecular weight excluding hydrogens is 309 g/mol. The molecule has 2 N–H and O–H groups in total. The fourth-order valence-electron chi connectivity index (χ4n) is 1.53. The summed E-state index contributed by atoms with van der Waals surface area (Å²) in [5.74, 6) is -0.514. The van der Waals surface area contributed by atoms with Crippen LogP contribution < -0.4 is 5.32 Å². The number of anilines is 1. The average Bonchev–Trinajstić information content (AvgIpc) is 2.39. The Hall–Kier alpha value is -1.31. The molecule has 0 saturated carbocycles. The average molecular weight is 325 g/mol. The van der Waals surface area contributed by atoms with E-state index in [0.717, 1.165) is 4.90 Å². The first-order chi connectivity index (χ1) is 9.62. The van der Waals surface area contributed by atoms with Gasteiger partial charge in [-0.25, -0.2) is 0 Å². The summed E-state index contributed by atoms with van der Waals surface area (Å²) in [6, 6.07) is 5.66. The van der Waals surface area contributed by atoms with E-state index in [1.165, 1.54) is 14.0 Å². The van der Waals surface area contributed by atoms with E-state index >= 15 is 0 Å². The number of carbonyl (C=O) groups excluding carboxylic acids is 1. The molecule has 1 amide bonds. The molecule has 2 unspecified atom stereocenters. The largest absolute Gasteiger partial charge is 0.415 e. The number of nitrogens with one attached hydrogen (secondary N) is 1. The van der Waals surface area contributed by atoms with Crippen LogP contribution in [0.4, 0.5) is 18.9 Å². The molecule has 8 heteroatoms. The molecule has 0 fully saturated rings. The Labute approximate surface area is 125 Å². The van der Waals surface area contributed by atoms with Crippen LogP contribution in [0, 0.1) is 0 Å². The van der Waals surface area contributed by atoms with Gasteiger partial charge in [0.05, 0.1) is 16.8 Å². The van der Waals surface area contributed by atoms with E-state index in [1.807, 2.05) is 0 Å². The normalized spacial score (nSPS) is 14.9. The smallest absolute Gasteiger partial charge is 0.382 e. The molecule has 0 aliphatic rings. The third-order valence-electron chi connectivity index (χ3n) is 3.01. The highest BCUT2D eigenvalue weighted by molar-refractivity contribution is 6.33. The highest BCUT2D eigenvalue weighted by atomic mass is 35.5. The number of para-hydroxylation sites is 1. The summed E-state index contributed by atoms with van der Waals surface area (Å²) in [6.45, 7) is 0.746. The Morgan fingerprint density at radius 1 is 1.43 bits per heavy atom. The molecule has 2 atom stereocenters. The molecule has 0 aliphatic carbocycles. The summed E-state index contributed by atoms with van der Waals surface area (Å²) in [4.78, 5) is 13.1. The lowest BCUT2D eigenvalue weighted by molar-refractivity contribution is -0.208. The minimum atomic E-state index is -4.72. The Morgan fingerprint density at radius 2 is 2.00 bits per heavy atom. The van der Waals surface area contributed by atoms with Crippen molar-refractivity contribution in [3.8, 4) is 0 Å². The van der Waals surface area contributed by atoms with Crippen LogP contribution in [0.1, 0.15) is 6.92 Å². The molecule has 0 bridgehead atoms. The minimum Gasteiger partial charge on any atom is -0.382 e. The number of aliphatic hydroxyl groups is 1. The van der Waals surface area contributed by atoms with E-state index in [2.05, 4.69) is 5.32 Å². The number of amides is 1. The molecule has 1 aromatic rings. The van der Waals surface area contributed by atoms with Gasteiger partial charge in [0, 0.05) is 6.54 Å². The number of hydrogen-bond acceptors (Lipinski definition) is 3.